The van der Waals surface area contributed by atoms with Crippen LogP contribution in [0.4, 0.5) is 0 Å². The molecule has 0 unspecified atom stereocenters. The lowest BCUT2D eigenvalue weighted by Crippen LogP contribution is -2.07. The topological polar surface area (TPSA) is 97.1 Å². The summed E-state index contributed by atoms with van der Waals surface area (Å²) in [6, 6.07) is 94.6. The Balaban J connectivity index is 0.752. The molecule has 10 heteroatoms. The van der Waals surface area contributed by atoms with Crippen LogP contribution in [0.5, 0.6) is 0 Å². The fourth-order valence-electron chi connectivity index (χ4n) is 13.4. The zero-order valence-corrected chi connectivity index (χ0v) is 47.2. The Kier molecular flexibility index (Phi) is 11.1. The second-order valence-corrected chi connectivity index (χ2v) is 22.3. The molecule has 18 aromatic rings. The molecule has 0 aliphatic carbocycles. The van der Waals surface area contributed by atoms with Gasteiger partial charge in [-0.1, -0.05) is 140 Å². The predicted molar refractivity (Wildman–Crippen MR) is 358 cm³/mol. The monoisotopic (exact) mass is 1120 g/mol. The van der Waals surface area contributed by atoms with E-state index in [1.54, 1.807) is 12.4 Å². The molecule has 0 amide bonds. The molecule has 0 bridgehead atoms. The average Bonchev–Trinajstić information content (AvgIpc) is 2.10. The van der Waals surface area contributed by atoms with Gasteiger partial charge in [0.15, 0.2) is 0 Å². The van der Waals surface area contributed by atoms with Crippen molar-refractivity contribution >= 4 is 87.2 Å². The van der Waals surface area contributed by atoms with Crippen molar-refractivity contribution in [3.8, 4) is 79.4 Å². The third-order valence-corrected chi connectivity index (χ3v) is 17.4. The van der Waals surface area contributed by atoms with Gasteiger partial charge in [0.1, 0.15) is 5.82 Å². The molecule has 0 fully saturated rings. The summed E-state index contributed by atoms with van der Waals surface area (Å²) in [5, 5.41) is 9.21. The van der Waals surface area contributed by atoms with Crippen molar-refractivity contribution in [2.75, 3.05) is 0 Å². The van der Waals surface area contributed by atoms with E-state index in [0.717, 1.165) is 139 Å². The maximum atomic E-state index is 5.62. The molecule has 0 atom stereocenters. The first-order chi connectivity index (χ1) is 43.6. The molecule has 10 nitrogen and oxygen atoms in total. The van der Waals surface area contributed by atoms with Gasteiger partial charge in [0.05, 0.1) is 96.4 Å². The van der Waals surface area contributed by atoms with Crippen molar-refractivity contribution in [1.82, 2.24) is 48.2 Å². The molecule has 410 valence electrons. The number of para-hydroxylation sites is 4. The number of nitrogens with zero attached hydrogens (tertiary/aromatic N) is 10. The fourth-order valence-corrected chi connectivity index (χ4v) is 13.4. The van der Waals surface area contributed by atoms with Crippen molar-refractivity contribution in [1.29, 1.82) is 0 Å². The molecule has 0 spiro atoms. The van der Waals surface area contributed by atoms with Crippen molar-refractivity contribution in [2.45, 2.75) is 0 Å². The summed E-state index contributed by atoms with van der Waals surface area (Å²) in [7, 11) is 0. The molecular formula is C78H48N10. The molecule has 0 aliphatic rings. The van der Waals surface area contributed by atoms with Gasteiger partial charge in [-0.3, -0.25) is 29.1 Å². The first-order valence-electron chi connectivity index (χ1n) is 29.5. The Morgan fingerprint density at radius 2 is 0.580 bits per heavy atom. The Bertz CT molecular complexity index is 5450. The van der Waals surface area contributed by atoms with E-state index in [-0.39, 0.29) is 0 Å². The highest BCUT2D eigenvalue weighted by Gasteiger charge is 2.22. The van der Waals surface area contributed by atoms with E-state index in [0.29, 0.717) is 5.95 Å². The molecule has 0 radical (unpaired) electrons. The van der Waals surface area contributed by atoms with Crippen LogP contribution in [0.25, 0.3) is 167 Å². The van der Waals surface area contributed by atoms with Crippen molar-refractivity contribution in [2.24, 2.45) is 0 Å². The Morgan fingerprint density at radius 1 is 0.216 bits per heavy atom. The van der Waals surface area contributed by atoms with Crippen LogP contribution < -0.4 is 0 Å². The van der Waals surface area contributed by atoms with E-state index in [1.807, 2.05) is 54.9 Å². The van der Waals surface area contributed by atoms with Gasteiger partial charge in [-0.25, -0.2) is 4.98 Å². The van der Waals surface area contributed by atoms with Gasteiger partial charge in [0, 0.05) is 67.1 Å². The van der Waals surface area contributed by atoms with Gasteiger partial charge < -0.3 is 9.13 Å². The van der Waals surface area contributed by atoms with Gasteiger partial charge >= 0.3 is 0 Å². The van der Waals surface area contributed by atoms with E-state index in [9.17, 15) is 0 Å². The van der Waals surface area contributed by atoms with E-state index in [2.05, 4.69) is 253 Å². The lowest BCUT2D eigenvalue weighted by molar-refractivity contribution is 0.952. The SMILES string of the molecule is c1ccc(-c2cc(-n3c4ccccc4c4cc(-c5ccc6c(c5)c5ccccc5n6-c5ccc(-c6ccccn6)nc5)ccc43)nc(-n3c4ccccc4c4cc(-c5ccc6c(c5)c5ccccc5n6-c5ccc(-c6ccccn6)nc5)ccc43)n2)cc1. The largest absolute Gasteiger partial charge is 0.308 e. The number of pyridine rings is 4. The fraction of sp³-hybridized carbons (Fsp3) is 0. The van der Waals surface area contributed by atoms with Crippen molar-refractivity contribution in [3.05, 3.63) is 292 Å². The molecule has 9 heterocycles. The number of rotatable bonds is 9. The van der Waals surface area contributed by atoms with Gasteiger partial charge in [-0.05, 0) is 144 Å². The maximum absolute atomic E-state index is 5.62. The highest BCUT2D eigenvalue weighted by atomic mass is 15.2. The third-order valence-electron chi connectivity index (χ3n) is 17.4. The Hall–Kier alpha value is -12.1. The summed E-state index contributed by atoms with van der Waals surface area (Å²) in [5.74, 6) is 1.36. The quantitative estimate of drug-likeness (QED) is 0.143. The molecule has 88 heavy (non-hydrogen) atoms. The minimum atomic E-state index is 0.585. The molecule has 0 aliphatic heterocycles. The number of hydrogen-bond acceptors (Lipinski definition) is 6. The summed E-state index contributed by atoms with van der Waals surface area (Å²) in [6.07, 6.45) is 7.50. The second kappa shape index (κ2) is 19.7. The van der Waals surface area contributed by atoms with Crippen LogP contribution in [0, 0.1) is 0 Å². The molecule has 9 aromatic heterocycles. The van der Waals surface area contributed by atoms with Gasteiger partial charge in [0.2, 0.25) is 5.95 Å². The summed E-state index contributed by atoms with van der Waals surface area (Å²) in [5.41, 5.74) is 20.3. The summed E-state index contributed by atoms with van der Waals surface area (Å²) in [6.45, 7) is 0. The third kappa shape index (κ3) is 7.82. The van der Waals surface area contributed by atoms with E-state index in [1.165, 1.54) is 21.5 Å². The van der Waals surface area contributed by atoms with E-state index < -0.39 is 0 Å². The standard InChI is InChI=1S/C78H48N10/c1-2-16-49(17-3-1)68-46-77(87-71-26-10-6-20-58(71)62-44-52(30-38-75(62)87)50-28-36-73-60(42-50)56-18-4-8-24-69(56)85(73)54-32-34-66(81-47-54)64-22-12-14-40-79-64)84-78(83-68)88-72-27-11-7-21-59(72)63-45-53(31-39-76(63)88)51-29-37-74-61(43-51)57-19-5-9-25-70(57)86(74)55-33-35-67(82-48-55)65-23-13-15-41-80-65/h1-48H. The number of fused-ring (bicyclic) bond motifs is 12. The van der Waals surface area contributed by atoms with Gasteiger partial charge in [-0.15, -0.1) is 0 Å². The predicted octanol–water partition coefficient (Wildman–Crippen LogP) is 18.8. The number of hydrogen-bond donors (Lipinski definition) is 0. The molecule has 18 rings (SSSR count). The smallest absolute Gasteiger partial charge is 0.237 e. The summed E-state index contributed by atoms with van der Waals surface area (Å²) >= 11 is 0. The molecule has 0 N–H and O–H groups in total. The molecule has 0 saturated carbocycles. The second-order valence-electron chi connectivity index (χ2n) is 22.3. The summed E-state index contributed by atoms with van der Waals surface area (Å²) < 4.78 is 9.16. The Labute approximate surface area is 503 Å². The lowest BCUT2D eigenvalue weighted by atomic mass is 10.0. The van der Waals surface area contributed by atoms with Crippen LogP contribution in [0.2, 0.25) is 0 Å². The number of benzene rings is 9. The van der Waals surface area contributed by atoms with Crippen LogP contribution in [0.15, 0.2) is 292 Å². The normalized spacial score (nSPS) is 11.9. The number of aromatic nitrogens is 10. The van der Waals surface area contributed by atoms with Crippen LogP contribution in [-0.4, -0.2) is 48.2 Å². The van der Waals surface area contributed by atoms with Crippen molar-refractivity contribution in [3.63, 3.8) is 0 Å². The van der Waals surface area contributed by atoms with Crippen LogP contribution in [-0.2, 0) is 0 Å². The zero-order valence-electron chi connectivity index (χ0n) is 47.2. The van der Waals surface area contributed by atoms with Gasteiger partial charge in [0.25, 0.3) is 0 Å². The van der Waals surface area contributed by atoms with Crippen LogP contribution in [0.3, 0.4) is 0 Å². The molecule has 0 saturated heterocycles. The van der Waals surface area contributed by atoms with Crippen LogP contribution in [0.1, 0.15) is 0 Å². The van der Waals surface area contributed by atoms with Gasteiger partial charge in [-0.2, -0.15) is 4.98 Å². The molecule has 9 aromatic carbocycles. The highest BCUT2D eigenvalue weighted by molar-refractivity contribution is 6.15. The molecular weight excluding hydrogens is 1080 g/mol. The zero-order chi connectivity index (χ0) is 57.8. The van der Waals surface area contributed by atoms with E-state index >= 15 is 0 Å². The first kappa shape index (κ1) is 49.3. The van der Waals surface area contributed by atoms with Crippen molar-refractivity contribution < 1.29 is 0 Å². The Morgan fingerprint density at radius 3 is 1.00 bits per heavy atom. The minimum Gasteiger partial charge on any atom is -0.308 e. The minimum absolute atomic E-state index is 0.585. The average molecular weight is 1130 g/mol. The highest BCUT2D eigenvalue weighted by Crippen LogP contribution is 2.42. The lowest BCUT2D eigenvalue weighted by Gasteiger charge is -2.14. The first-order valence-corrected chi connectivity index (χ1v) is 29.5. The summed E-state index contributed by atoms with van der Waals surface area (Å²) in [4.78, 5) is 29.9. The van der Waals surface area contributed by atoms with Crippen LogP contribution >= 0.6 is 0 Å². The van der Waals surface area contributed by atoms with E-state index in [4.69, 9.17) is 19.9 Å². The maximum Gasteiger partial charge on any atom is 0.237 e.